The predicted molar refractivity (Wildman–Crippen MR) is 80.8 cm³/mol. The number of hydrogen-bond acceptors (Lipinski definition) is 4. The molecule has 1 fully saturated rings. The maximum absolute atomic E-state index is 12.2. The molecule has 0 radical (unpaired) electrons. The molecule has 0 amide bonds. The van der Waals surface area contributed by atoms with Gasteiger partial charge in [-0.15, -0.1) is 0 Å². The highest BCUT2D eigenvalue weighted by Gasteiger charge is 2.19. The maximum atomic E-state index is 12.2. The molecule has 1 saturated heterocycles. The third kappa shape index (κ3) is 3.87. The summed E-state index contributed by atoms with van der Waals surface area (Å²) in [5.74, 6) is 2.73. The van der Waals surface area contributed by atoms with Gasteiger partial charge < -0.3 is 5.73 Å². The van der Waals surface area contributed by atoms with Gasteiger partial charge in [-0.25, -0.2) is 13.1 Å². The molecule has 19 heavy (non-hydrogen) atoms. The second-order valence-corrected chi connectivity index (χ2v) is 7.92. The summed E-state index contributed by atoms with van der Waals surface area (Å²) in [6.07, 6.45) is 2.18. The van der Waals surface area contributed by atoms with Crippen LogP contribution < -0.4 is 10.5 Å². The third-order valence-corrected chi connectivity index (χ3v) is 5.92. The van der Waals surface area contributed by atoms with Crippen LogP contribution in [-0.2, 0) is 10.0 Å². The summed E-state index contributed by atoms with van der Waals surface area (Å²) in [6.45, 7) is 2.35. The van der Waals surface area contributed by atoms with Crippen molar-refractivity contribution in [1.29, 1.82) is 0 Å². The van der Waals surface area contributed by atoms with Crippen LogP contribution in [0.1, 0.15) is 18.4 Å². The SMILES string of the molecule is Cc1cc(S(=O)(=O)NCC2CCSCC2)ccc1N. The van der Waals surface area contributed by atoms with Gasteiger partial charge in [0, 0.05) is 12.2 Å². The molecule has 0 aliphatic carbocycles. The van der Waals surface area contributed by atoms with Crippen molar-refractivity contribution in [1.82, 2.24) is 4.72 Å². The Labute approximate surface area is 119 Å². The van der Waals surface area contributed by atoms with E-state index in [9.17, 15) is 8.42 Å². The van der Waals surface area contributed by atoms with Gasteiger partial charge in [0.1, 0.15) is 0 Å². The summed E-state index contributed by atoms with van der Waals surface area (Å²) in [5, 5.41) is 0. The molecule has 1 aromatic rings. The number of sulfonamides is 1. The van der Waals surface area contributed by atoms with Gasteiger partial charge in [0.2, 0.25) is 10.0 Å². The molecule has 0 spiro atoms. The highest BCUT2D eigenvalue weighted by Crippen LogP contribution is 2.23. The zero-order valence-electron chi connectivity index (χ0n) is 11.1. The Kier molecular flexibility index (Phi) is 4.76. The molecule has 0 bridgehead atoms. The molecule has 1 aliphatic heterocycles. The first-order valence-electron chi connectivity index (χ1n) is 6.42. The Morgan fingerprint density at radius 1 is 1.37 bits per heavy atom. The second kappa shape index (κ2) is 6.15. The van der Waals surface area contributed by atoms with Crippen molar-refractivity contribution in [2.75, 3.05) is 23.8 Å². The van der Waals surface area contributed by atoms with Crippen LogP contribution in [0, 0.1) is 12.8 Å². The third-order valence-electron chi connectivity index (χ3n) is 3.45. The molecular formula is C13H20N2O2S2. The lowest BCUT2D eigenvalue weighted by Crippen LogP contribution is -2.31. The van der Waals surface area contributed by atoms with E-state index in [1.54, 1.807) is 18.2 Å². The molecule has 0 unspecified atom stereocenters. The van der Waals surface area contributed by atoms with Gasteiger partial charge in [0.05, 0.1) is 4.90 Å². The van der Waals surface area contributed by atoms with Crippen LogP contribution in [0.2, 0.25) is 0 Å². The average Bonchev–Trinajstić information content (AvgIpc) is 2.41. The first-order valence-corrected chi connectivity index (χ1v) is 9.06. The van der Waals surface area contributed by atoms with Crippen LogP contribution in [0.25, 0.3) is 0 Å². The van der Waals surface area contributed by atoms with Gasteiger partial charge in [0.15, 0.2) is 0 Å². The molecule has 1 aliphatic rings. The number of rotatable bonds is 4. The van der Waals surface area contributed by atoms with E-state index in [0.717, 1.165) is 29.9 Å². The number of anilines is 1. The number of hydrogen-bond donors (Lipinski definition) is 2. The van der Waals surface area contributed by atoms with Crippen LogP contribution >= 0.6 is 11.8 Å². The molecule has 106 valence electrons. The number of thioether (sulfide) groups is 1. The van der Waals surface area contributed by atoms with Gasteiger partial charge in [-0.2, -0.15) is 11.8 Å². The lowest BCUT2D eigenvalue weighted by molar-refractivity contribution is 0.476. The lowest BCUT2D eigenvalue weighted by Gasteiger charge is -2.21. The number of nitrogens with one attached hydrogen (secondary N) is 1. The fourth-order valence-electron chi connectivity index (χ4n) is 2.08. The molecule has 3 N–H and O–H groups in total. The summed E-state index contributed by atoms with van der Waals surface area (Å²) < 4.78 is 27.1. The van der Waals surface area contributed by atoms with Crippen molar-refractivity contribution in [3.63, 3.8) is 0 Å². The summed E-state index contributed by atoms with van der Waals surface area (Å²) in [5.41, 5.74) is 7.11. The van der Waals surface area contributed by atoms with E-state index in [1.165, 1.54) is 0 Å². The van der Waals surface area contributed by atoms with Gasteiger partial charge in [0.25, 0.3) is 0 Å². The van der Waals surface area contributed by atoms with Gasteiger partial charge in [-0.05, 0) is 61.0 Å². The van der Waals surface area contributed by atoms with Crippen molar-refractivity contribution in [2.45, 2.75) is 24.7 Å². The van der Waals surface area contributed by atoms with Crippen LogP contribution in [0.4, 0.5) is 5.69 Å². The molecular weight excluding hydrogens is 280 g/mol. The average molecular weight is 300 g/mol. The first-order chi connectivity index (χ1) is 8.99. The van der Waals surface area contributed by atoms with Crippen LogP contribution in [0.5, 0.6) is 0 Å². The maximum Gasteiger partial charge on any atom is 0.240 e. The number of aryl methyl sites for hydroxylation is 1. The van der Waals surface area contributed by atoms with Gasteiger partial charge in [-0.3, -0.25) is 0 Å². The molecule has 0 atom stereocenters. The standard InChI is InChI=1S/C13H20N2O2S2/c1-10-8-12(2-3-13(10)14)19(16,17)15-9-11-4-6-18-7-5-11/h2-3,8,11,15H,4-7,9,14H2,1H3. The summed E-state index contributed by atoms with van der Waals surface area (Å²) in [6, 6.07) is 4.82. The van der Waals surface area contributed by atoms with Crippen LogP contribution in [0.15, 0.2) is 23.1 Å². The Morgan fingerprint density at radius 2 is 2.05 bits per heavy atom. The topological polar surface area (TPSA) is 72.2 Å². The van der Waals surface area contributed by atoms with E-state index >= 15 is 0 Å². The van der Waals surface area contributed by atoms with E-state index in [4.69, 9.17) is 5.73 Å². The summed E-state index contributed by atoms with van der Waals surface area (Å²) >= 11 is 1.94. The highest BCUT2D eigenvalue weighted by molar-refractivity contribution is 7.99. The Bertz CT molecular complexity index is 538. The monoisotopic (exact) mass is 300 g/mol. The smallest absolute Gasteiger partial charge is 0.240 e. The first kappa shape index (κ1) is 14.7. The molecule has 2 rings (SSSR count). The van der Waals surface area contributed by atoms with E-state index in [1.807, 2.05) is 18.7 Å². The Hall–Kier alpha value is -0.720. The fraction of sp³-hybridized carbons (Fsp3) is 0.538. The predicted octanol–water partition coefficient (Wildman–Crippen LogP) is 2.00. The zero-order valence-corrected chi connectivity index (χ0v) is 12.7. The van der Waals surface area contributed by atoms with Crippen LogP contribution in [-0.4, -0.2) is 26.5 Å². The van der Waals surface area contributed by atoms with E-state index in [0.29, 0.717) is 23.0 Å². The normalized spacial score (nSPS) is 17.5. The lowest BCUT2D eigenvalue weighted by atomic mass is 10.0. The van der Waals surface area contributed by atoms with Crippen molar-refractivity contribution in [2.24, 2.45) is 5.92 Å². The molecule has 0 aromatic heterocycles. The largest absolute Gasteiger partial charge is 0.399 e. The molecule has 4 nitrogen and oxygen atoms in total. The van der Waals surface area contributed by atoms with Crippen molar-refractivity contribution >= 4 is 27.5 Å². The molecule has 1 aromatic carbocycles. The Morgan fingerprint density at radius 3 is 2.68 bits per heavy atom. The van der Waals surface area contributed by atoms with Crippen molar-refractivity contribution in [3.05, 3.63) is 23.8 Å². The zero-order chi connectivity index (χ0) is 13.9. The molecule has 6 heteroatoms. The van der Waals surface area contributed by atoms with Gasteiger partial charge in [-0.1, -0.05) is 0 Å². The number of benzene rings is 1. The van der Waals surface area contributed by atoms with E-state index in [2.05, 4.69) is 4.72 Å². The fourth-order valence-corrected chi connectivity index (χ4v) is 4.48. The Balaban J connectivity index is 2.02. The number of nitrogen functional groups attached to an aromatic ring is 1. The summed E-state index contributed by atoms with van der Waals surface area (Å²) in [4.78, 5) is 0.296. The minimum atomic E-state index is -3.41. The highest BCUT2D eigenvalue weighted by atomic mass is 32.2. The summed E-state index contributed by atoms with van der Waals surface area (Å²) in [7, 11) is -3.41. The van der Waals surface area contributed by atoms with Crippen molar-refractivity contribution < 1.29 is 8.42 Å². The minimum Gasteiger partial charge on any atom is -0.399 e. The molecule has 1 heterocycles. The van der Waals surface area contributed by atoms with Gasteiger partial charge >= 0.3 is 0 Å². The van der Waals surface area contributed by atoms with Crippen molar-refractivity contribution in [3.8, 4) is 0 Å². The second-order valence-electron chi connectivity index (χ2n) is 4.93. The quantitative estimate of drug-likeness (QED) is 0.834. The number of nitrogens with two attached hydrogens (primary N) is 1. The minimum absolute atomic E-state index is 0.296. The van der Waals surface area contributed by atoms with E-state index < -0.39 is 10.0 Å². The molecule has 0 saturated carbocycles. The van der Waals surface area contributed by atoms with E-state index in [-0.39, 0.29) is 0 Å². The van der Waals surface area contributed by atoms with Crippen LogP contribution in [0.3, 0.4) is 0 Å².